The van der Waals surface area contributed by atoms with Crippen molar-refractivity contribution in [2.45, 2.75) is 51.1 Å². The van der Waals surface area contributed by atoms with Gasteiger partial charge in [-0.15, -0.1) is 0 Å². The van der Waals surface area contributed by atoms with Gasteiger partial charge < -0.3 is 14.7 Å². The molecule has 1 amide bonds. The number of ketones is 1. The zero-order chi connectivity index (χ0) is 22.1. The van der Waals surface area contributed by atoms with E-state index < -0.39 is 17.7 Å². The summed E-state index contributed by atoms with van der Waals surface area (Å²) in [5.41, 5.74) is 2.01. The Hall–Kier alpha value is -2.79. The third-order valence-corrected chi connectivity index (χ3v) is 6.49. The number of methoxy groups -OCH3 is 1. The molecule has 31 heavy (non-hydrogen) atoms. The number of Topliss-reactive ketones (excluding diaryl/α,β-unsaturated/α-hetero) is 1. The molecular formula is C25H26ClNO4. The number of nitrogens with zero attached hydrogens (tertiary/aromatic N) is 1. The summed E-state index contributed by atoms with van der Waals surface area (Å²) in [5, 5.41) is 11.7. The lowest BCUT2D eigenvalue weighted by Gasteiger charge is -2.35. The van der Waals surface area contributed by atoms with E-state index in [-0.39, 0.29) is 23.1 Å². The van der Waals surface area contributed by atoms with E-state index in [2.05, 4.69) is 0 Å². The van der Waals surface area contributed by atoms with Crippen LogP contribution in [0.4, 0.5) is 0 Å². The minimum Gasteiger partial charge on any atom is -0.507 e. The maximum absolute atomic E-state index is 13.2. The molecule has 1 N–H and O–H groups in total. The van der Waals surface area contributed by atoms with Crippen molar-refractivity contribution in [1.29, 1.82) is 0 Å². The van der Waals surface area contributed by atoms with E-state index in [4.69, 9.17) is 16.3 Å². The highest BCUT2D eigenvalue weighted by atomic mass is 35.5. The number of hydrogen-bond acceptors (Lipinski definition) is 4. The fourth-order valence-electron chi connectivity index (χ4n) is 4.81. The molecule has 6 heteroatoms. The van der Waals surface area contributed by atoms with Crippen LogP contribution in [-0.4, -0.2) is 34.8 Å². The lowest BCUT2D eigenvalue weighted by Crippen LogP contribution is -2.40. The predicted molar refractivity (Wildman–Crippen MR) is 120 cm³/mol. The van der Waals surface area contributed by atoms with Crippen molar-refractivity contribution in [3.8, 4) is 5.75 Å². The normalized spacial score (nSPS) is 21.5. The van der Waals surface area contributed by atoms with Crippen molar-refractivity contribution < 1.29 is 19.4 Å². The number of rotatable bonds is 4. The Bertz CT molecular complexity index is 1040. The number of ether oxygens (including phenoxy) is 1. The van der Waals surface area contributed by atoms with Crippen LogP contribution in [0.15, 0.2) is 48.0 Å². The summed E-state index contributed by atoms with van der Waals surface area (Å²) in [7, 11) is 1.46. The number of carbonyl (C=O) groups is 2. The van der Waals surface area contributed by atoms with Gasteiger partial charge in [-0.05, 0) is 43.0 Å². The molecule has 1 heterocycles. The molecule has 1 saturated heterocycles. The molecule has 2 fully saturated rings. The fraction of sp³-hybridized carbons (Fsp3) is 0.360. The van der Waals surface area contributed by atoms with Gasteiger partial charge in [0.25, 0.3) is 11.7 Å². The topological polar surface area (TPSA) is 66.8 Å². The Labute approximate surface area is 187 Å². The Balaban J connectivity index is 1.93. The molecule has 5 nitrogen and oxygen atoms in total. The van der Waals surface area contributed by atoms with Crippen molar-refractivity contribution >= 4 is 29.1 Å². The molecule has 1 aliphatic carbocycles. The molecule has 162 valence electrons. The minimum atomic E-state index is -0.670. The second-order valence-corrected chi connectivity index (χ2v) is 8.64. The smallest absolute Gasteiger partial charge is 0.295 e. The average Bonchev–Trinajstić information content (AvgIpc) is 3.04. The molecule has 0 bridgehead atoms. The van der Waals surface area contributed by atoms with E-state index in [1.165, 1.54) is 7.11 Å². The molecule has 1 atom stereocenters. The van der Waals surface area contributed by atoms with E-state index in [1.54, 1.807) is 17.0 Å². The summed E-state index contributed by atoms with van der Waals surface area (Å²) in [5.74, 6) is -1.20. The van der Waals surface area contributed by atoms with Gasteiger partial charge in [0.1, 0.15) is 11.5 Å². The highest BCUT2D eigenvalue weighted by molar-refractivity contribution is 6.46. The molecule has 2 aromatic carbocycles. The molecule has 4 rings (SSSR count). The van der Waals surface area contributed by atoms with Crippen LogP contribution in [0.3, 0.4) is 0 Å². The first-order chi connectivity index (χ1) is 14.9. The highest BCUT2D eigenvalue weighted by Gasteiger charge is 2.49. The summed E-state index contributed by atoms with van der Waals surface area (Å²) < 4.78 is 5.42. The third-order valence-electron chi connectivity index (χ3n) is 6.21. The van der Waals surface area contributed by atoms with E-state index in [1.807, 2.05) is 37.3 Å². The van der Waals surface area contributed by atoms with E-state index in [0.29, 0.717) is 10.6 Å². The number of hydrogen-bond donors (Lipinski definition) is 1. The number of halogens is 1. The zero-order valence-corrected chi connectivity index (χ0v) is 18.5. The third kappa shape index (κ3) is 3.83. The summed E-state index contributed by atoms with van der Waals surface area (Å²) in [4.78, 5) is 28.1. The predicted octanol–water partition coefficient (Wildman–Crippen LogP) is 5.41. The lowest BCUT2D eigenvalue weighted by molar-refractivity contribution is -0.141. The SMILES string of the molecule is COc1c(Cl)cc(C)cc1/C(O)=C1\C(=O)C(=O)N(C2CCCCC2)C1c1ccccc1. The number of aliphatic hydroxyl groups is 1. The Morgan fingerprint density at radius 3 is 2.42 bits per heavy atom. The lowest BCUT2D eigenvalue weighted by atomic mass is 9.90. The van der Waals surface area contributed by atoms with Gasteiger partial charge in [0.05, 0.1) is 29.3 Å². The van der Waals surface area contributed by atoms with Crippen molar-refractivity contribution in [3.63, 3.8) is 0 Å². The Morgan fingerprint density at radius 2 is 1.77 bits per heavy atom. The van der Waals surface area contributed by atoms with E-state index in [0.717, 1.165) is 43.2 Å². The maximum atomic E-state index is 13.2. The molecule has 1 unspecified atom stereocenters. The van der Waals surface area contributed by atoms with Gasteiger partial charge in [-0.1, -0.05) is 61.2 Å². The average molecular weight is 440 g/mol. The molecular weight excluding hydrogens is 414 g/mol. The highest BCUT2D eigenvalue weighted by Crippen LogP contribution is 2.45. The van der Waals surface area contributed by atoms with E-state index in [9.17, 15) is 14.7 Å². The first-order valence-corrected chi connectivity index (χ1v) is 11.0. The van der Waals surface area contributed by atoms with Gasteiger partial charge in [-0.2, -0.15) is 0 Å². The molecule has 0 radical (unpaired) electrons. The van der Waals surface area contributed by atoms with Crippen LogP contribution >= 0.6 is 11.6 Å². The number of amides is 1. The van der Waals surface area contributed by atoms with Crippen molar-refractivity contribution in [1.82, 2.24) is 4.90 Å². The largest absolute Gasteiger partial charge is 0.507 e. The van der Waals surface area contributed by atoms with E-state index >= 15 is 0 Å². The molecule has 2 aliphatic rings. The maximum Gasteiger partial charge on any atom is 0.295 e. The quantitative estimate of drug-likeness (QED) is 0.393. The molecule has 0 spiro atoms. The monoisotopic (exact) mass is 439 g/mol. The van der Waals surface area contributed by atoms with Gasteiger partial charge in [-0.25, -0.2) is 0 Å². The first kappa shape index (κ1) is 21.4. The molecule has 1 aliphatic heterocycles. The number of likely N-dealkylation sites (tertiary alicyclic amines) is 1. The Morgan fingerprint density at radius 1 is 1.10 bits per heavy atom. The van der Waals surface area contributed by atoms with Crippen molar-refractivity contribution in [3.05, 3.63) is 69.8 Å². The summed E-state index contributed by atoms with van der Waals surface area (Å²) in [6, 6.07) is 12.2. The molecule has 1 saturated carbocycles. The molecule has 2 aromatic rings. The number of benzene rings is 2. The van der Waals surface area contributed by atoms with Gasteiger partial charge in [0.2, 0.25) is 0 Å². The van der Waals surface area contributed by atoms with Gasteiger partial charge >= 0.3 is 0 Å². The number of aryl methyl sites for hydroxylation is 1. The number of aliphatic hydroxyl groups excluding tert-OH is 1. The van der Waals surface area contributed by atoms with Crippen molar-refractivity contribution in [2.24, 2.45) is 0 Å². The van der Waals surface area contributed by atoms with Crippen LogP contribution in [-0.2, 0) is 9.59 Å². The van der Waals surface area contributed by atoms with Gasteiger partial charge in [-0.3, -0.25) is 9.59 Å². The fourth-order valence-corrected chi connectivity index (χ4v) is 5.16. The van der Waals surface area contributed by atoms with Crippen molar-refractivity contribution in [2.75, 3.05) is 7.11 Å². The van der Waals surface area contributed by atoms with Crippen LogP contribution in [0.2, 0.25) is 5.02 Å². The van der Waals surface area contributed by atoms with Crippen LogP contribution in [0.1, 0.15) is 54.8 Å². The van der Waals surface area contributed by atoms with Gasteiger partial charge in [0, 0.05) is 6.04 Å². The zero-order valence-electron chi connectivity index (χ0n) is 17.7. The molecule has 0 aromatic heterocycles. The summed E-state index contributed by atoms with van der Waals surface area (Å²) in [6.07, 6.45) is 4.90. The second-order valence-electron chi connectivity index (χ2n) is 8.24. The van der Waals surface area contributed by atoms with Crippen LogP contribution < -0.4 is 4.74 Å². The Kier molecular flexibility index (Phi) is 6.05. The standard InChI is InChI=1S/C25H26ClNO4/c1-15-13-18(24(31-2)19(26)14-15)22(28)20-21(16-9-5-3-6-10-16)27(25(30)23(20)29)17-11-7-4-8-12-17/h3,5-6,9-10,13-14,17,21,28H,4,7-8,11-12H2,1-2H3/b22-20+. The summed E-state index contributed by atoms with van der Waals surface area (Å²) >= 11 is 6.33. The van der Waals surface area contributed by atoms with Crippen LogP contribution in [0.5, 0.6) is 5.75 Å². The first-order valence-electron chi connectivity index (χ1n) is 10.6. The van der Waals surface area contributed by atoms with Crippen LogP contribution in [0.25, 0.3) is 5.76 Å². The second kappa shape index (κ2) is 8.75. The van der Waals surface area contributed by atoms with Gasteiger partial charge in [0.15, 0.2) is 0 Å². The number of carbonyl (C=O) groups excluding carboxylic acids is 2. The van der Waals surface area contributed by atoms with Crippen LogP contribution in [0, 0.1) is 6.92 Å². The minimum absolute atomic E-state index is 0.0244. The summed E-state index contributed by atoms with van der Waals surface area (Å²) in [6.45, 7) is 1.84.